The number of hydrogen-bond donors (Lipinski definition) is 2. The topological polar surface area (TPSA) is 105 Å². The first-order valence-corrected chi connectivity index (χ1v) is 10.00. The van der Waals surface area contributed by atoms with Gasteiger partial charge in [0, 0.05) is 7.05 Å². The number of carbonyl (C=O) groups is 2. The molecule has 0 aromatic heterocycles. The molecule has 1 unspecified atom stereocenters. The number of nitrogens with two attached hydrogens (primary N) is 1. The lowest BCUT2D eigenvalue weighted by molar-refractivity contribution is -0.192. The molecule has 3 rings (SSSR count). The minimum absolute atomic E-state index is 0.0186. The molecule has 0 spiro atoms. The zero-order valence-electron chi connectivity index (χ0n) is 18.5. The van der Waals surface area contributed by atoms with Crippen molar-refractivity contribution < 1.29 is 32.6 Å². The molecular formula is C23H26F3N3O4. The number of ether oxygens (including phenoxy) is 1. The number of carbonyl (C=O) groups excluding carboxylic acids is 1. The monoisotopic (exact) mass is 465 g/mol. The van der Waals surface area contributed by atoms with Gasteiger partial charge in [0.05, 0.1) is 19.1 Å². The summed E-state index contributed by atoms with van der Waals surface area (Å²) in [5.74, 6) is -1.60. The summed E-state index contributed by atoms with van der Waals surface area (Å²) >= 11 is 0. The van der Waals surface area contributed by atoms with Gasteiger partial charge in [-0.2, -0.15) is 13.2 Å². The largest absolute Gasteiger partial charge is 0.497 e. The summed E-state index contributed by atoms with van der Waals surface area (Å²) in [5.41, 5.74) is 8.92. The van der Waals surface area contributed by atoms with Gasteiger partial charge in [0.25, 0.3) is 0 Å². The Kier molecular flexibility index (Phi) is 8.08. The number of halogens is 3. The second kappa shape index (κ2) is 10.4. The molecule has 7 nitrogen and oxygen atoms in total. The zero-order valence-corrected chi connectivity index (χ0v) is 18.5. The van der Waals surface area contributed by atoms with E-state index in [1.54, 1.807) is 14.2 Å². The number of aliphatic carboxylic acids is 1. The molecule has 3 N–H and O–H groups in total. The van der Waals surface area contributed by atoms with Gasteiger partial charge in [-0.1, -0.05) is 36.4 Å². The van der Waals surface area contributed by atoms with Crippen LogP contribution in [0.25, 0.3) is 11.1 Å². The van der Waals surface area contributed by atoms with E-state index in [1.165, 1.54) is 10.5 Å². The number of guanidine groups is 1. The molecule has 0 saturated heterocycles. The quantitative estimate of drug-likeness (QED) is 0.698. The van der Waals surface area contributed by atoms with E-state index in [4.69, 9.17) is 20.4 Å². The third-order valence-electron chi connectivity index (χ3n) is 5.16. The van der Waals surface area contributed by atoms with Crippen molar-refractivity contribution in [1.29, 1.82) is 0 Å². The highest BCUT2D eigenvalue weighted by molar-refractivity contribution is 5.98. The number of hydrogen-bond acceptors (Lipinski definition) is 5. The Labute approximate surface area is 189 Å². The van der Waals surface area contributed by atoms with Crippen LogP contribution in [0.2, 0.25) is 0 Å². The molecular weight excluding hydrogens is 439 g/mol. The zero-order chi connectivity index (χ0) is 24.8. The van der Waals surface area contributed by atoms with Crippen molar-refractivity contribution in [3.63, 3.8) is 0 Å². The number of methoxy groups -OCH3 is 1. The van der Waals surface area contributed by atoms with Crippen molar-refractivity contribution in [2.75, 3.05) is 14.2 Å². The van der Waals surface area contributed by atoms with Crippen molar-refractivity contribution in [3.8, 4) is 16.9 Å². The molecule has 0 aliphatic carbocycles. The highest BCUT2D eigenvalue weighted by Gasteiger charge is 2.38. The SMILES string of the molecule is COc1cccc(-c2cccc(CCC3(C)CC(=O)N(C)C(N)=N3)c2)c1.O=C(O)C(F)(F)F. The number of nitrogens with zero attached hydrogens (tertiary/aromatic N) is 2. The van der Waals surface area contributed by atoms with Gasteiger partial charge >= 0.3 is 12.1 Å². The average Bonchev–Trinajstić information content (AvgIpc) is 2.76. The third-order valence-corrected chi connectivity index (χ3v) is 5.16. The number of aryl methyl sites for hydroxylation is 1. The summed E-state index contributed by atoms with van der Waals surface area (Å²) in [6.45, 7) is 2.00. The molecule has 2 aromatic rings. The van der Waals surface area contributed by atoms with E-state index in [0.29, 0.717) is 12.4 Å². The Morgan fingerprint density at radius 1 is 1.21 bits per heavy atom. The molecule has 1 atom stereocenters. The lowest BCUT2D eigenvalue weighted by Crippen LogP contribution is -2.48. The summed E-state index contributed by atoms with van der Waals surface area (Å²) < 4.78 is 37.0. The van der Waals surface area contributed by atoms with Crippen LogP contribution in [0.4, 0.5) is 13.2 Å². The van der Waals surface area contributed by atoms with Crippen LogP contribution < -0.4 is 10.5 Å². The average molecular weight is 465 g/mol. The van der Waals surface area contributed by atoms with Gasteiger partial charge in [-0.15, -0.1) is 0 Å². The summed E-state index contributed by atoms with van der Waals surface area (Å²) in [4.78, 5) is 26.9. The van der Waals surface area contributed by atoms with Crippen LogP contribution in [0.5, 0.6) is 5.75 Å². The summed E-state index contributed by atoms with van der Waals surface area (Å²) in [6.07, 6.45) is -3.09. The predicted octanol–water partition coefficient (Wildman–Crippen LogP) is 3.86. The van der Waals surface area contributed by atoms with Crippen LogP contribution in [-0.2, 0) is 16.0 Å². The van der Waals surface area contributed by atoms with Crippen LogP contribution in [0.15, 0.2) is 53.5 Å². The van der Waals surface area contributed by atoms with Gasteiger partial charge in [0.1, 0.15) is 5.75 Å². The Hall–Kier alpha value is -3.56. The molecule has 178 valence electrons. The molecule has 33 heavy (non-hydrogen) atoms. The van der Waals surface area contributed by atoms with Crippen LogP contribution in [-0.4, -0.2) is 53.7 Å². The standard InChI is InChI=1S/C21H25N3O2.C2HF3O2/c1-21(14-19(25)24(2)20(22)23-21)11-10-15-6-4-7-16(12-15)17-8-5-9-18(13-17)26-3;3-2(4,5)1(6)7/h4-9,12-13H,10-11,14H2,1-3H3,(H2,22,23);(H,6,7). The van der Waals surface area contributed by atoms with E-state index >= 15 is 0 Å². The molecule has 1 aliphatic heterocycles. The minimum atomic E-state index is -5.08. The van der Waals surface area contributed by atoms with E-state index in [-0.39, 0.29) is 5.91 Å². The Balaban J connectivity index is 0.000000479. The van der Waals surface area contributed by atoms with Gasteiger partial charge < -0.3 is 15.6 Å². The molecule has 0 fully saturated rings. The predicted molar refractivity (Wildman–Crippen MR) is 118 cm³/mol. The maximum absolute atomic E-state index is 12.1. The first-order valence-electron chi connectivity index (χ1n) is 10.00. The van der Waals surface area contributed by atoms with Crippen LogP contribution in [0, 0.1) is 0 Å². The smallest absolute Gasteiger partial charge is 0.490 e. The molecule has 1 amide bonds. The third kappa shape index (κ3) is 7.23. The lowest BCUT2D eigenvalue weighted by atomic mass is 9.88. The highest BCUT2D eigenvalue weighted by atomic mass is 19.4. The molecule has 1 aliphatic rings. The van der Waals surface area contributed by atoms with Crippen molar-refractivity contribution >= 4 is 17.8 Å². The van der Waals surface area contributed by atoms with E-state index in [2.05, 4.69) is 35.3 Å². The normalized spacial score (nSPS) is 18.2. The second-order valence-corrected chi connectivity index (χ2v) is 7.83. The number of carboxylic acids is 1. The lowest BCUT2D eigenvalue weighted by Gasteiger charge is -2.33. The van der Waals surface area contributed by atoms with Gasteiger partial charge in [-0.3, -0.25) is 9.69 Å². The number of aliphatic imine (C=N–C) groups is 1. The fourth-order valence-electron chi connectivity index (χ4n) is 3.23. The fraction of sp³-hybridized carbons (Fsp3) is 0.348. The van der Waals surface area contributed by atoms with Crippen molar-refractivity contribution in [2.24, 2.45) is 10.7 Å². The number of alkyl halides is 3. The van der Waals surface area contributed by atoms with Crippen LogP contribution in [0.3, 0.4) is 0 Å². The molecule has 1 heterocycles. The Bertz CT molecular complexity index is 1040. The summed E-state index contributed by atoms with van der Waals surface area (Å²) in [6, 6.07) is 16.5. The van der Waals surface area contributed by atoms with E-state index in [1.807, 2.05) is 25.1 Å². The molecule has 0 saturated carbocycles. The molecule has 2 aromatic carbocycles. The number of benzene rings is 2. The highest BCUT2D eigenvalue weighted by Crippen LogP contribution is 2.29. The van der Waals surface area contributed by atoms with E-state index in [9.17, 15) is 18.0 Å². The van der Waals surface area contributed by atoms with Crippen molar-refractivity contribution in [2.45, 2.75) is 37.9 Å². The van der Waals surface area contributed by atoms with Crippen molar-refractivity contribution in [1.82, 2.24) is 4.90 Å². The maximum atomic E-state index is 12.1. The molecule has 0 bridgehead atoms. The van der Waals surface area contributed by atoms with Crippen LogP contribution >= 0.6 is 0 Å². The van der Waals surface area contributed by atoms with Gasteiger partial charge in [0.15, 0.2) is 5.96 Å². The fourth-order valence-corrected chi connectivity index (χ4v) is 3.23. The molecule has 0 radical (unpaired) electrons. The van der Waals surface area contributed by atoms with Gasteiger partial charge in [0.2, 0.25) is 5.91 Å². The number of rotatable bonds is 5. The van der Waals surface area contributed by atoms with Gasteiger partial charge in [-0.05, 0) is 48.6 Å². The number of amides is 1. The van der Waals surface area contributed by atoms with Gasteiger partial charge in [-0.25, -0.2) is 9.79 Å². The van der Waals surface area contributed by atoms with E-state index < -0.39 is 17.7 Å². The Morgan fingerprint density at radius 3 is 2.33 bits per heavy atom. The maximum Gasteiger partial charge on any atom is 0.490 e. The number of carboxylic acid groups (broad SMARTS) is 1. The Morgan fingerprint density at radius 2 is 1.79 bits per heavy atom. The first kappa shape index (κ1) is 25.7. The second-order valence-electron chi connectivity index (χ2n) is 7.83. The summed E-state index contributed by atoms with van der Waals surface area (Å²) in [5, 5.41) is 7.12. The minimum Gasteiger partial charge on any atom is -0.497 e. The van der Waals surface area contributed by atoms with E-state index in [0.717, 1.165) is 29.7 Å². The summed E-state index contributed by atoms with van der Waals surface area (Å²) in [7, 11) is 3.34. The van der Waals surface area contributed by atoms with Crippen LogP contribution in [0.1, 0.15) is 25.3 Å². The molecule has 10 heteroatoms. The van der Waals surface area contributed by atoms with Crippen molar-refractivity contribution in [3.05, 3.63) is 54.1 Å². The first-order chi connectivity index (χ1) is 15.3.